The maximum absolute atomic E-state index is 3.72. The van der Waals surface area contributed by atoms with Crippen LogP contribution in [0, 0.1) is 6.92 Å². The van der Waals surface area contributed by atoms with Gasteiger partial charge in [0.15, 0.2) is 0 Å². The Balaban J connectivity index is 0.000000240. The Hall–Kier alpha value is -2.74. The fourth-order valence-electron chi connectivity index (χ4n) is 4.22. The van der Waals surface area contributed by atoms with E-state index in [9.17, 15) is 0 Å². The van der Waals surface area contributed by atoms with E-state index in [0.29, 0.717) is 5.92 Å². The largest absolute Gasteiger partial charge is 0.262 e. The highest BCUT2D eigenvalue weighted by Crippen LogP contribution is 2.39. The molecule has 1 heterocycles. The van der Waals surface area contributed by atoms with Crippen molar-refractivity contribution in [3.8, 4) is 0 Å². The molecule has 0 N–H and O–H groups in total. The average Bonchev–Trinajstić information content (AvgIpc) is 2.70. The molecule has 4 aromatic rings. The monoisotopic (exact) mass is 340 g/mol. The van der Waals surface area contributed by atoms with Gasteiger partial charge in [0.2, 0.25) is 0 Å². The van der Waals surface area contributed by atoms with Crippen LogP contribution in [-0.4, -0.2) is 9.97 Å². The summed E-state index contributed by atoms with van der Waals surface area (Å²) in [5.74, 6) is 0.697. The minimum Gasteiger partial charge on any atom is -0.262 e. The van der Waals surface area contributed by atoms with Gasteiger partial charge in [-0.05, 0) is 70.3 Å². The van der Waals surface area contributed by atoms with E-state index in [-0.39, 0.29) is 0 Å². The molecule has 0 aliphatic heterocycles. The Labute approximate surface area is 154 Å². The van der Waals surface area contributed by atoms with Crippen LogP contribution in [0.3, 0.4) is 0 Å². The van der Waals surface area contributed by atoms with E-state index in [1.807, 2.05) is 0 Å². The van der Waals surface area contributed by atoms with Crippen molar-refractivity contribution in [1.29, 1.82) is 0 Å². The molecule has 5 rings (SSSR count). The number of hydrogen-bond donors (Lipinski definition) is 0. The fraction of sp³-hybridized carbons (Fsp3) is 0.250. The first-order valence-corrected chi connectivity index (χ1v) is 9.39. The summed E-state index contributed by atoms with van der Waals surface area (Å²) >= 11 is 0. The third-order valence-electron chi connectivity index (χ3n) is 5.43. The second-order valence-electron chi connectivity index (χ2n) is 7.16. The Morgan fingerprint density at radius 1 is 0.808 bits per heavy atom. The van der Waals surface area contributed by atoms with Gasteiger partial charge in [0.1, 0.15) is 0 Å². The van der Waals surface area contributed by atoms with Gasteiger partial charge < -0.3 is 0 Å². The van der Waals surface area contributed by atoms with E-state index < -0.39 is 0 Å². The van der Waals surface area contributed by atoms with Crippen LogP contribution < -0.4 is 0 Å². The van der Waals surface area contributed by atoms with Crippen molar-refractivity contribution >= 4 is 21.5 Å². The minimum atomic E-state index is 0.697. The van der Waals surface area contributed by atoms with E-state index in [2.05, 4.69) is 66.3 Å². The second kappa shape index (κ2) is 7.25. The van der Waals surface area contributed by atoms with Crippen LogP contribution in [-0.2, 0) is 6.42 Å². The molecule has 0 saturated heterocycles. The molecule has 1 aromatic heterocycles. The third kappa shape index (κ3) is 3.08. The van der Waals surface area contributed by atoms with E-state index in [0.717, 1.165) is 0 Å². The van der Waals surface area contributed by atoms with Crippen LogP contribution in [0.2, 0.25) is 0 Å². The standard InChI is InChI=1S/C20H20.C4H4N2/c1-13-6-5-7-15-10-11-18-17-9-4-3-8-16(17)14(2)12-19(18)20(13)15;1-2-6-4-3-5-1/h3-4,8-13H,5-7H2,1-2H3;1-4H/t13-;/m1./s1. The lowest BCUT2D eigenvalue weighted by Gasteiger charge is -2.25. The van der Waals surface area contributed by atoms with Crippen molar-refractivity contribution in [3.05, 3.63) is 83.9 Å². The Bertz CT molecular complexity index is 1010. The van der Waals surface area contributed by atoms with Crippen LogP contribution in [0.1, 0.15) is 42.4 Å². The number of hydrogen-bond acceptors (Lipinski definition) is 2. The Kier molecular flexibility index (Phi) is 4.66. The molecule has 0 bridgehead atoms. The van der Waals surface area contributed by atoms with Crippen LogP contribution in [0.5, 0.6) is 0 Å². The number of aryl methyl sites for hydroxylation is 2. The molecule has 0 saturated carbocycles. The van der Waals surface area contributed by atoms with Gasteiger partial charge in [-0.2, -0.15) is 0 Å². The number of fused-ring (bicyclic) bond motifs is 5. The number of rotatable bonds is 0. The van der Waals surface area contributed by atoms with Crippen molar-refractivity contribution in [2.75, 3.05) is 0 Å². The molecule has 2 heteroatoms. The first-order valence-electron chi connectivity index (χ1n) is 9.39. The molecule has 0 unspecified atom stereocenters. The molecule has 0 radical (unpaired) electrons. The van der Waals surface area contributed by atoms with Crippen molar-refractivity contribution in [2.45, 2.75) is 39.0 Å². The fourth-order valence-corrected chi connectivity index (χ4v) is 4.22. The van der Waals surface area contributed by atoms with E-state index in [4.69, 9.17) is 0 Å². The predicted octanol–water partition coefficient (Wildman–Crippen LogP) is 6.22. The smallest absolute Gasteiger partial charge is 0.0451 e. The van der Waals surface area contributed by atoms with Crippen molar-refractivity contribution in [2.24, 2.45) is 0 Å². The van der Waals surface area contributed by atoms with Gasteiger partial charge in [0.25, 0.3) is 0 Å². The summed E-state index contributed by atoms with van der Waals surface area (Å²) in [6.07, 6.45) is 10.5. The van der Waals surface area contributed by atoms with Gasteiger partial charge in [0.05, 0.1) is 0 Å². The molecule has 130 valence electrons. The molecule has 0 fully saturated rings. The highest BCUT2D eigenvalue weighted by atomic mass is 14.7. The molecule has 1 aliphatic rings. The molecule has 1 atom stereocenters. The quantitative estimate of drug-likeness (QED) is 0.355. The van der Waals surface area contributed by atoms with Crippen LogP contribution in [0.25, 0.3) is 21.5 Å². The van der Waals surface area contributed by atoms with Gasteiger partial charge in [0, 0.05) is 24.8 Å². The topological polar surface area (TPSA) is 25.8 Å². The molecular weight excluding hydrogens is 316 g/mol. The first kappa shape index (κ1) is 16.7. The van der Waals surface area contributed by atoms with Crippen LogP contribution in [0.4, 0.5) is 0 Å². The molecular formula is C24H24N2. The highest BCUT2D eigenvalue weighted by molar-refractivity contribution is 6.10. The van der Waals surface area contributed by atoms with Gasteiger partial charge in [-0.15, -0.1) is 0 Å². The van der Waals surface area contributed by atoms with E-state index in [1.165, 1.54) is 46.4 Å². The summed E-state index contributed by atoms with van der Waals surface area (Å²) in [7, 11) is 0. The molecule has 2 nitrogen and oxygen atoms in total. The molecule has 3 aromatic carbocycles. The molecule has 1 aliphatic carbocycles. The summed E-state index contributed by atoms with van der Waals surface area (Å²) in [6.45, 7) is 4.64. The summed E-state index contributed by atoms with van der Waals surface area (Å²) in [5.41, 5.74) is 4.59. The first-order chi connectivity index (χ1) is 12.8. The SMILES string of the molecule is Cc1cc2c3c(ccc2c2ccccc12)CCC[C@H]3C.c1cnccn1. The number of benzene rings is 3. The summed E-state index contributed by atoms with van der Waals surface area (Å²) in [5, 5.41) is 5.72. The maximum atomic E-state index is 3.72. The summed E-state index contributed by atoms with van der Waals surface area (Å²) in [6, 6.07) is 15.9. The van der Waals surface area contributed by atoms with Crippen molar-refractivity contribution in [1.82, 2.24) is 9.97 Å². The van der Waals surface area contributed by atoms with Crippen LogP contribution >= 0.6 is 0 Å². The molecule has 0 amide bonds. The Morgan fingerprint density at radius 3 is 2.15 bits per heavy atom. The zero-order chi connectivity index (χ0) is 17.9. The van der Waals surface area contributed by atoms with E-state index in [1.54, 1.807) is 35.9 Å². The minimum absolute atomic E-state index is 0.697. The van der Waals surface area contributed by atoms with Crippen molar-refractivity contribution in [3.63, 3.8) is 0 Å². The molecule has 0 spiro atoms. The zero-order valence-electron chi connectivity index (χ0n) is 15.4. The maximum Gasteiger partial charge on any atom is 0.0451 e. The van der Waals surface area contributed by atoms with Gasteiger partial charge >= 0.3 is 0 Å². The number of nitrogens with zero attached hydrogens (tertiary/aromatic N) is 2. The van der Waals surface area contributed by atoms with Crippen molar-refractivity contribution < 1.29 is 0 Å². The number of aromatic nitrogens is 2. The lowest BCUT2D eigenvalue weighted by molar-refractivity contribution is 0.595. The average molecular weight is 340 g/mol. The highest BCUT2D eigenvalue weighted by Gasteiger charge is 2.19. The zero-order valence-corrected chi connectivity index (χ0v) is 15.4. The molecule has 26 heavy (non-hydrogen) atoms. The van der Waals surface area contributed by atoms with Gasteiger partial charge in [-0.1, -0.05) is 49.4 Å². The van der Waals surface area contributed by atoms with E-state index >= 15 is 0 Å². The summed E-state index contributed by atoms with van der Waals surface area (Å²) < 4.78 is 0. The normalized spacial score (nSPS) is 16.0. The predicted molar refractivity (Wildman–Crippen MR) is 110 cm³/mol. The van der Waals surface area contributed by atoms with Crippen LogP contribution in [0.15, 0.2) is 67.3 Å². The summed E-state index contributed by atoms with van der Waals surface area (Å²) in [4.78, 5) is 7.44. The van der Waals surface area contributed by atoms with Gasteiger partial charge in [-0.25, -0.2) is 0 Å². The Morgan fingerprint density at radius 2 is 1.46 bits per heavy atom. The second-order valence-corrected chi connectivity index (χ2v) is 7.16. The third-order valence-corrected chi connectivity index (χ3v) is 5.43. The lowest BCUT2D eigenvalue weighted by Crippen LogP contribution is -2.07. The lowest BCUT2D eigenvalue weighted by atomic mass is 9.80. The van der Waals surface area contributed by atoms with Gasteiger partial charge in [-0.3, -0.25) is 9.97 Å².